The molecule has 0 spiro atoms. The minimum atomic E-state index is 0.0434. The molecule has 16 heavy (non-hydrogen) atoms. The zero-order valence-electron chi connectivity index (χ0n) is 10.1. The summed E-state index contributed by atoms with van der Waals surface area (Å²) in [6.07, 6.45) is 3.99. The van der Waals surface area contributed by atoms with E-state index >= 15 is 0 Å². The maximum atomic E-state index is 11.9. The van der Waals surface area contributed by atoms with E-state index < -0.39 is 0 Å². The maximum absolute atomic E-state index is 11.9. The van der Waals surface area contributed by atoms with Gasteiger partial charge in [0.25, 0.3) is 0 Å². The minimum Gasteiger partial charge on any atom is -0.494 e. The van der Waals surface area contributed by atoms with Crippen molar-refractivity contribution in [3.8, 4) is 0 Å². The van der Waals surface area contributed by atoms with Gasteiger partial charge in [0.1, 0.15) is 11.9 Å². The van der Waals surface area contributed by atoms with Crippen molar-refractivity contribution >= 4 is 5.78 Å². The second kappa shape index (κ2) is 4.21. The summed E-state index contributed by atoms with van der Waals surface area (Å²) in [6, 6.07) is 0. The summed E-state index contributed by atoms with van der Waals surface area (Å²) in [6.45, 7) is 4.42. The van der Waals surface area contributed by atoms with Gasteiger partial charge in [0.05, 0.1) is 0 Å². The average Bonchev–Trinajstić information content (AvgIpc) is 2.56. The molecule has 0 radical (unpaired) electrons. The third-order valence-electron chi connectivity index (χ3n) is 3.38. The molecule has 90 valence electrons. The highest BCUT2D eigenvalue weighted by Gasteiger charge is 2.39. The predicted molar refractivity (Wildman–Crippen MR) is 60.9 cm³/mol. The molecule has 1 aliphatic heterocycles. The Morgan fingerprint density at radius 2 is 2.19 bits per heavy atom. The summed E-state index contributed by atoms with van der Waals surface area (Å²) < 4.78 is 5.82. The SMILES string of the molecule is CC1(C)CC(=O)C2=C(C1)OC(CCCO)C2. The van der Waals surface area contributed by atoms with Gasteiger partial charge < -0.3 is 9.84 Å². The van der Waals surface area contributed by atoms with Gasteiger partial charge in [-0.2, -0.15) is 0 Å². The molecular weight excluding hydrogens is 204 g/mol. The molecule has 3 heteroatoms. The topological polar surface area (TPSA) is 46.5 Å². The Morgan fingerprint density at radius 3 is 2.88 bits per heavy atom. The number of ketones is 1. The van der Waals surface area contributed by atoms with Crippen LogP contribution in [0.15, 0.2) is 11.3 Å². The number of allylic oxidation sites excluding steroid dienone is 1. The summed E-state index contributed by atoms with van der Waals surface area (Å²) in [5.74, 6) is 1.18. The van der Waals surface area contributed by atoms with Crippen molar-refractivity contribution < 1.29 is 14.6 Å². The van der Waals surface area contributed by atoms with Gasteiger partial charge in [0, 0.05) is 31.4 Å². The largest absolute Gasteiger partial charge is 0.494 e. The molecule has 2 rings (SSSR count). The van der Waals surface area contributed by atoms with E-state index in [2.05, 4.69) is 13.8 Å². The summed E-state index contributed by atoms with van der Waals surface area (Å²) >= 11 is 0. The van der Waals surface area contributed by atoms with Gasteiger partial charge in [-0.3, -0.25) is 4.79 Å². The Hall–Kier alpha value is -0.830. The molecule has 1 N–H and O–H groups in total. The molecule has 0 aromatic carbocycles. The molecule has 0 aromatic heterocycles. The van der Waals surface area contributed by atoms with E-state index in [0.29, 0.717) is 6.42 Å². The molecule has 1 unspecified atom stereocenters. The van der Waals surface area contributed by atoms with Gasteiger partial charge in [-0.15, -0.1) is 0 Å². The van der Waals surface area contributed by atoms with Crippen LogP contribution in [0.25, 0.3) is 0 Å². The van der Waals surface area contributed by atoms with Gasteiger partial charge in [0.15, 0.2) is 5.78 Å². The van der Waals surface area contributed by atoms with Crippen molar-refractivity contribution in [2.24, 2.45) is 5.41 Å². The number of ether oxygens (including phenoxy) is 1. The van der Waals surface area contributed by atoms with E-state index in [1.165, 1.54) is 0 Å². The van der Waals surface area contributed by atoms with Crippen LogP contribution in [0.3, 0.4) is 0 Å². The number of rotatable bonds is 3. The van der Waals surface area contributed by atoms with Gasteiger partial charge in [-0.1, -0.05) is 13.8 Å². The van der Waals surface area contributed by atoms with Crippen LogP contribution in [0, 0.1) is 5.41 Å². The Balaban J connectivity index is 2.02. The molecule has 0 fully saturated rings. The van der Waals surface area contributed by atoms with E-state index in [0.717, 1.165) is 37.0 Å². The second-order valence-corrected chi connectivity index (χ2v) is 5.65. The fourth-order valence-electron chi connectivity index (χ4n) is 2.59. The molecule has 1 aliphatic carbocycles. The van der Waals surface area contributed by atoms with E-state index in [4.69, 9.17) is 9.84 Å². The van der Waals surface area contributed by atoms with Gasteiger partial charge in [0.2, 0.25) is 0 Å². The standard InChI is InChI=1S/C13H20O3/c1-13(2)7-11(15)10-6-9(4-3-5-14)16-12(10)8-13/h9,14H,3-8H2,1-2H3. The first kappa shape index (κ1) is 11.6. The first-order valence-corrected chi connectivity index (χ1v) is 6.04. The molecule has 0 saturated heterocycles. The summed E-state index contributed by atoms with van der Waals surface area (Å²) in [5, 5.41) is 8.78. The molecule has 2 aliphatic rings. The lowest BCUT2D eigenvalue weighted by molar-refractivity contribution is -0.118. The quantitative estimate of drug-likeness (QED) is 0.799. The zero-order chi connectivity index (χ0) is 11.8. The zero-order valence-corrected chi connectivity index (χ0v) is 10.1. The van der Waals surface area contributed by atoms with Crippen LogP contribution in [0.2, 0.25) is 0 Å². The van der Waals surface area contributed by atoms with Crippen molar-refractivity contribution in [1.29, 1.82) is 0 Å². The Bertz CT molecular complexity index is 328. The molecule has 1 heterocycles. The Morgan fingerprint density at radius 1 is 1.44 bits per heavy atom. The van der Waals surface area contributed by atoms with Crippen LogP contribution in [-0.4, -0.2) is 23.6 Å². The van der Waals surface area contributed by atoms with Crippen LogP contribution < -0.4 is 0 Å². The Labute approximate surface area is 96.5 Å². The van der Waals surface area contributed by atoms with Crippen LogP contribution in [-0.2, 0) is 9.53 Å². The monoisotopic (exact) mass is 224 g/mol. The molecule has 1 atom stereocenters. The smallest absolute Gasteiger partial charge is 0.162 e. The highest BCUT2D eigenvalue weighted by Crippen LogP contribution is 2.43. The van der Waals surface area contributed by atoms with Crippen molar-refractivity contribution in [3.05, 3.63) is 11.3 Å². The molecule has 0 amide bonds. The van der Waals surface area contributed by atoms with E-state index in [1.807, 2.05) is 0 Å². The highest BCUT2D eigenvalue weighted by molar-refractivity contribution is 5.97. The summed E-state index contributed by atoms with van der Waals surface area (Å²) in [4.78, 5) is 11.9. The van der Waals surface area contributed by atoms with E-state index in [1.54, 1.807) is 0 Å². The van der Waals surface area contributed by atoms with E-state index in [-0.39, 0.29) is 23.9 Å². The molecule has 0 bridgehead atoms. The van der Waals surface area contributed by atoms with Crippen LogP contribution in [0.4, 0.5) is 0 Å². The Kier molecular flexibility index (Phi) is 3.06. The second-order valence-electron chi connectivity index (χ2n) is 5.65. The highest BCUT2D eigenvalue weighted by atomic mass is 16.5. The summed E-state index contributed by atoms with van der Waals surface area (Å²) in [7, 11) is 0. The number of hydrogen-bond acceptors (Lipinski definition) is 3. The van der Waals surface area contributed by atoms with Crippen molar-refractivity contribution in [3.63, 3.8) is 0 Å². The number of carbonyl (C=O) groups excluding carboxylic acids is 1. The third-order valence-corrected chi connectivity index (χ3v) is 3.38. The van der Waals surface area contributed by atoms with Crippen molar-refractivity contribution in [1.82, 2.24) is 0 Å². The minimum absolute atomic E-state index is 0.0434. The predicted octanol–water partition coefficient (Wildman–Crippen LogP) is 2.19. The first-order valence-electron chi connectivity index (χ1n) is 6.04. The maximum Gasteiger partial charge on any atom is 0.162 e. The molecular formula is C13H20O3. The average molecular weight is 224 g/mol. The van der Waals surface area contributed by atoms with Gasteiger partial charge in [-0.05, 0) is 18.3 Å². The summed E-state index contributed by atoms with van der Waals surface area (Å²) in [5.41, 5.74) is 0.962. The fraction of sp³-hybridized carbons (Fsp3) is 0.769. The lowest BCUT2D eigenvalue weighted by Gasteiger charge is -2.28. The lowest BCUT2D eigenvalue weighted by atomic mass is 9.76. The number of Topliss-reactive ketones (excluding diaryl/α,β-unsaturated/α-hetero) is 1. The third kappa shape index (κ3) is 2.29. The van der Waals surface area contributed by atoms with Crippen LogP contribution in [0.1, 0.15) is 46.0 Å². The van der Waals surface area contributed by atoms with E-state index in [9.17, 15) is 4.79 Å². The number of aliphatic hydroxyl groups is 1. The number of carbonyl (C=O) groups is 1. The molecule has 0 saturated carbocycles. The number of hydrogen-bond donors (Lipinski definition) is 1. The fourth-order valence-corrected chi connectivity index (χ4v) is 2.59. The lowest BCUT2D eigenvalue weighted by Crippen LogP contribution is -2.24. The number of aliphatic hydroxyl groups excluding tert-OH is 1. The molecule has 3 nitrogen and oxygen atoms in total. The van der Waals surface area contributed by atoms with Crippen molar-refractivity contribution in [2.75, 3.05) is 6.61 Å². The van der Waals surface area contributed by atoms with Crippen LogP contribution in [0.5, 0.6) is 0 Å². The van der Waals surface area contributed by atoms with Crippen LogP contribution >= 0.6 is 0 Å². The molecule has 0 aromatic rings. The normalized spacial score (nSPS) is 27.9. The first-order chi connectivity index (χ1) is 7.52. The van der Waals surface area contributed by atoms with Crippen molar-refractivity contribution in [2.45, 2.75) is 52.1 Å². The van der Waals surface area contributed by atoms with Gasteiger partial charge in [-0.25, -0.2) is 0 Å². The van der Waals surface area contributed by atoms with Gasteiger partial charge >= 0.3 is 0 Å².